The lowest BCUT2D eigenvalue weighted by Crippen LogP contribution is -2.34. The Labute approximate surface area is 140 Å². The highest BCUT2D eigenvalue weighted by atomic mass is 32.1. The van der Waals surface area contributed by atoms with Crippen molar-refractivity contribution in [2.24, 2.45) is 0 Å². The van der Waals surface area contributed by atoms with Gasteiger partial charge in [-0.1, -0.05) is 18.7 Å². The third-order valence-corrected chi connectivity index (χ3v) is 2.85. The summed E-state index contributed by atoms with van der Waals surface area (Å²) in [4.78, 5) is 22.7. The van der Waals surface area contributed by atoms with Crippen molar-refractivity contribution in [2.45, 2.75) is 19.8 Å². The number of esters is 1. The van der Waals surface area contributed by atoms with Crippen molar-refractivity contribution in [1.29, 1.82) is 0 Å². The van der Waals surface area contributed by atoms with Crippen LogP contribution < -0.4 is 15.4 Å². The SMILES string of the molecule is C=C(C)COc1ccccc1NC(=S)NC(=O)CCC(=O)OC. The summed E-state index contributed by atoms with van der Waals surface area (Å²) in [5, 5.41) is 5.53. The molecule has 2 N–H and O–H groups in total. The fourth-order valence-corrected chi connectivity index (χ4v) is 1.78. The summed E-state index contributed by atoms with van der Waals surface area (Å²) in [5.74, 6) is -0.215. The quantitative estimate of drug-likeness (QED) is 0.452. The highest BCUT2D eigenvalue weighted by Gasteiger charge is 2.10. The fraction of sp³-hybridized carbons (Fsp3) is 0.312. The lowest BCUT2D eigenvalue weighted by atomic mass is 10.3. The second-order valence-electron chi connectivity index (χ2n) is 4.82. The Kier molecular flexibility index (Phi) is 7.76. The summed E-state index contributed by atoms with van der Waals surface area (Å²) in [6.45, 7) is 6.03. The van der Waals surface area contributed by atoms with E-state index in [-0.39, 0.29) is 23.9 Å². The molecule has 1 aromatic rings. The second-order valence-corrected chi connectivity index (χ2v) is 5.23. The van der Waals surface area contributed by atoms with Gasteiger partial charge in [-0.05, 0) is 36.8 Å². The molecule has 0 heterocycles. The van der Waals surface area contributed by atoms with Gasteiger partial charge in [0, 0.05) is 6.42 Å². The van der Waals surface area contributed by atoms with E-state index in [1.54, 1.807) is 12.1 Å². The van der Waals surface area contributed by atoms with Gasteiger partial charge in [0.05, 0.1) is 19.2 Å². The van der Waals surface area contributed by atoms with Crippen LogP contribution in [-0.2, 0) is 14.3 Å². The van der Waals surface area contributed by atoms with Crippen LogP contribution in [0.1, 0.15) is 19.8 Å². The van der Waals surface area contributed by atoms with Gasteiger partial charge in [-0.3, -0.25) is 9.59 Å². The van der Waals surface area contributed by atoms with Gasteiger partial charge in [-0.25, -0.2) is 0 Å². The Morgan fingerprint density at radius 2 is 1.96 bits per heavy atom. The van der Waals surface area contributed by atoms with Crippen LogP contribution in [0.5, 0.6) is 5.75 Å². The van der Waals surface area contributed by atoms with E-state index in [1.807, 2.05) is 19.1 Å². The van der Waals surface area contributed by atoms with Crippen LogP contribution in [0.15, 0.2) is 36.4 Å². The molecule has 0 aliphatic carbocycles. The number of thiocarbonyl (C=S) groups is 1. The minimum absolute atomic E-state index is 0.00228. The van der Waals surface area contributed by atoms with Crippen LogP contribution in [-0.4, -0.2) is 30.7 Å². The number of rotatable bonds is 7. The molecule has 0 fully saturated rings. The average Bonchev–Trinajstić information content (AvgIpc) is 2.51. The number of hydrogen-bond acceptors (Lipinski definition) is 5. The molecule has 0 spiro atoms. The number of para-hydroxylation sites is 2. The van der Waals surface area contributed by atoms with Crippen molar-refractivity contribution in [3.63, 3.8) is 0 Å². The van der Waals surface area contributed by atoms with Gasteiger partial charge in [-0.15, -0.1) is 0 Å². The highest BCUT2D eigenvalue weighted by Crippen LogP contribution is 2.24. The molecule has 0 aliphatic heterocycles. The first kappa shape index (κ1) is 18.6. The number of ether oxygens (including phenoxy) is 2. The number of hydrogen-bond donors (Lipinski definition) is 2. The molecule has 1 amide bonds. The van der Waals surface area contributed by atoms with Gasteiger partial charge in [-0.2, -0.15) is 0 Å². The van der Waals surface area contributed by atoms with Crippen molar-refractivity contribution in [3.8, 4) is 5.75 Å². The number of benzene rings is 1. The highest BCUT2D eigenvalue weighted by molar-refractivity contribution is 7.80. The van der Waals surface area contributed by atoms with Crippen molar-refractivity contribution >= 4 is 34.9 Å². The molecule has 0 aromatic heterocycles. The first-order valence-corrected chi connectivity index (χ1v) is 7.37. The van der Waals surface area contributed by atoms with Gasteiger partial charge < -0.3 is 20.1 Å². The molecule has 0 radical (unpaired) electrons. The van der Waals surface area contributed by atoms with E-state index < -0.39 is 5.97 Å². The standard InChI is InChI=1S/C16H20N2O4S/c1-11(2)10-22-13-7-5-4-6-12(13)17-16(23)18-14(19)8-9-15(20)21-3/h4-7H,1,8-10H2,2-3H3,(H2,17,18,19,23). The molecule has 1 rings (SSSR count). The van der Waals surface area contributed by atoms with Crippen LogP contribution in [0, 0.1) is 0 Å². The number of carbonyl (C=O) groups is 2. The Balaban J connectivity index is 2.55. The molecule has 0 saturated carbocycles. The first-order valence-electron chi connectivity index (χ1n) is 6.96. The lowest BCUT2D eigenvalue weighted by molar-refractivity contribution is -0.142. The predicted octanol–water partition coefficient (Wildman–Crippen LogP) is 2.41. The normalized spacial score (nSPS) is 9.65. The van der Waals surface area contributed by atoms with E-state index in [2.05, 4.69) is 21.9 Å². The van der Waals surface area contributed by atoms with Crippen LogP contribution in [0.2, 0.25) is 0 Å². The zero-order valence-electron chi connectivity index (χ0n) is 13.2. The maximum Gasteiger partial charge on any atom is 0.306 e. The number of methoxy groups -OCH3 is 1. The van der Waals surface area contributed by atoms with E-state index in [0.29, 0.717) is 18.0 Å². The molecule has 0 aliphatic rings. The molecule has 0 atom stereocenters. The molecule has 23 heavy (non-hydrogen) atoms. The van der Waals surface area contributed by atoms with Gasteiger partial charge >= 0.3 is 5.97 Å². The largest absolute Gasteiger partial charge is 0.487 e. The lowest BCUT2D eigenvalue weighted by Gasteiger charge is -2.14. The number of amides is 1. The summed E-state index contributed by atoms with van der Waals surface area (Å²) in [5.41, 5.74) is 1.52. The fourth-order valence-electron chi connectivity index (χ4n) is 1.56. The molecule has 0 unspecified atom stereocenters. The smallest absolute Gasteiger partial charge is 0.306 e. The van der Waals surface area contributed by atoms with Crippen LogP contribution in [0.25, 0.3) is 0 Å². The molecule has 6 nitrogen and oxygen atoms in total. The summed E-state index contributed by atoms with van der Waals surface area (Å²) < 4.78 is 10.1. The topological polar surface area (TPSA) is 76.7 Å². The van der Waals surface area contributed by atoms with Crippen LogP contribution in [0.3, 0.4) is 0 Å². The zero-order valence-corrected chi connectivity index (χ0v) is 14.0. The average molecular weight is 336 g/mol. The maximum absolute atomic E-state index is 11.7. The first-order chi connectivity index (χ1) is 10.9. The maximum atomic E-state index is 11.7. The van der Waals surface area contributed by atoms with Gasteiger partial charge in [0.1, 0.15) is 12.4 Å². The summed E-state index contributed by atoms with van der Waals surface area (Å²) in [7, 11) is 1.27. The van der Waals surface area contributed by atoms with E-state index in [0.717, 1.165) is 5.57 Å². The Morgan fingerprint density at radius 1 is 1.26 bits per heavy atom. The second kappa shape index (κ2) is 9.58. The van der Waals surface area contributed by atoms with Crippen LogP contribution in [0.4, 0.5) is 5.69 Å². The van der Waals surface area contributed by atoms with E-state index >= 15 is 0 Å². The molecule has 124 valence electrons. The number of carbonyl (C=O) groups excluding carboxylic acids is 2. The Morgan fingerprint density at radius 3 is 2.61 bits per heavy atom. The summed E-state index contributed by atoms with van der Waals surface area (Å²) >= 11 is 5.08. The Bertz CT molecular complexity index is 601. The zero-order chi connectivity index (χ0) is 17.2. The van der Waals surface area contributed by atoms with Crippen LogP contribution >= 0.6 is 12.2 Å². The van der Waals surface area contributed by atoms with E-state index in [1.165, 1.54) is 7.11 Å². The van der Waals surface area contributed by atoms with Crippen molar-refractivity contribution in [3.05, 3.63) is 36.4 Å². The van der Waals surface area contributed by atoms with Crippen molar-refractivity contribution in [2.75, 3.05) is 19.0 Å². The summed E-state index contributed by atoms with van der Waals surface area (Å²) in [6, 6.07) is 7.21. The minimum atomic E-state index is -0.447. The number of nitrogens with one attached hydrogen (secondary N) is 2. The monoisotopic (exact) mass is 336 g/mol. The minimum Gasteiger partial charge on any atom is -0.487 e. The Hall–Kier alpha value is -2.41. The number of anilines is 1. The van der Waals surface area contributed by atoms with Gasteiger partial charge in [0.15, 0.2) is 5.11 Å². The molecule has 0 bridgehead atoms. The summed E-state index contributed by atoms with van der Waals surface area (Å²) in [6.07, 6.45) is 0.00551. The molecular formula is C16H20N2O4S. The van der Waals surface area contributed by atoms with E-state index in [9.17, 15) is 9.59 Å². The molecular weight excluding hydrogens is 316 g/mol. The molecule has 1 aromatic carbocycles. The molecule has 7 heteroatoms. The third-order valence-electron chi connectivity index (χ3n) is 2.65. The van der Waals surface area contributed by atoms with Gasteiger partial charge in [0.25, 0.3) is 0 Å². The predicted molar refractivity (Wildman–Crippen MR) is 92.4 cm³/mol. The molecule has 0 saturated heterocycles. The van der Waals surface area contributed by atoms with Crippen molar-refractivity contribution in [1.82, 2.24) is 5.32 Å². The van der Waals surface area contributed by atoms with Gasteiger partial charge in [0.2, 0.25) is 5.91 Å². The third kappa shape index (κ3) is 7.42. The van der Waals surface area contributed by atoms with Crippen molar-refractivity contribution < 1.29 is 19.1 Å². The van der Waals surface area contributed by atoms with E-state index in [4.69, 9.17) is 17.0 Å².